The maximum Gasteiger partial charge on any atom is 0.0962 e. The van der Waals surface area contributed by atoms with E-state index in [1.807, 2.05) is 7.05 Å². The SMILES string of the molecule is CCC1COCCN1CCC(C#N)NC. The fraction of sp³-hybridized carbons (Fsp3) is 0.909. The topological polar surface area (TPSA) is 48.3 Å². The third-order valence-corrected chi connectivity index (χ3v) is 3.03. The van der Waals surface area contributed by atoms with Crippen molar-refractivity contribution in [3.05, 3.63) is 0 Å². The molecule has 0 aromatic rings. The van der Waals surface area contributed by atoms with Crippen LogP contribution >= 0.6 is 0 Å². The monoisotopic (exact) mass is 211 g/mol. The average molecular weight is 211 g/mol. The Morgan fingerprint density at radius 2 is 2.47 bits per heavy atom. The molecule has 0 radical (unpaired) electrons. The molecule has 0 aliphatic carbocycles. The van der Waals surface area contributed by atoms with E-state index in [4.69, 9.17) is 10.00 Å². The van der Waals surface area contributed by atoms with Gasteiger partial charge in [-0.2, -0.15) is 5.26 Å². The Labute approximate surface area is 92.2 Å². The van der Waals surface area contributed by atoms with E-state index in [9.17, 15) is 0 Å². The highest BCUT2D eigenvalue weighted by Gasteiger charge is 2.21. The number of hydrogen-bond acceptors (Lipinski definition) is 4. The summed E-state index contributed by atoms with van der Waals surface area (Å²) in [5, 5.41) is 11.8. The van der Waals surface area contributed by atoms with Crippen LogP contribution in [0.25, 0.3) is 0 Å². The number of ether oxygens (including phenoxy) is 1. The van der Waals surface area contributed by atoms with Crippen LogP contribution in [0.2, 0.25) is 0 Å². The molecule has 4 nitrogen and oxygen atoms in total. The van der Waals surface area contributed by atoms with Crippen LogP contribution < -0.4 is 5.32 Å². The fourth-order valence-corrected chi connectivity index (χ4v) is 1.93. The van der Waals surface area contributed by atoms with Gasteiger partial charge in [0.05, 0.1) is 25.3 Å². The van der Waals surface area contributed by atoms with E-state index in [-0.39, 0.29) is 6.04 Å². The van der Waals surface area contributed by atoms with Gasteiger partial charge in [0.2, 0.25) is 0 Å². The molecule has 2 atom stereocenters. The summed E-state index contributed by atoms with van der Waals surface area (Å²) in [4.78, 5) is 2.44. The molecular weight excluding hydrogens is 190 g/mol. The lowest BCUT2D eigenvalue weighted by Gasteiger charge is -2.35. The van der Waals surface area contributed by atoms with Crippen LogP contribution in [-0.4, -0.2) is 50.3 Å². The Hall–Kier alpha value is -0.630. The van der Waals surface area contributed by atoms with Crippen molar-refractivity contribution >= 4 is 0 Å². The molecule has 0 aromatic carbocycles. The third-order valence-electron chi connectivity index (χ3n) is 3.03. The first-order valence-electron chi connectivity index (χ1n) is 5.70. The Morgan fingerprint density at radius 1 is 1.67 bits per heavy atom. The number of hydrogen-bond donors (Lipinski definition) is 1. The van der Waals surface area contributed by atoms with Gasteiger partial charge in [-0.1, -0.05) is 6.92 Å². The molecule has 1 N–H and O–H groups in total. The third kappa shape index (κ3) is 3.78. The quantitative estimate of drug-likeness (QED) is 0.723. The second-order valence-electron chi connectivity index (χ2n) is 3.93. The summed E-state index contributed by atoms with van der Waals surface area (Å²) < 4.78 is 5.44. The molecule has 1 aliphatic heterocycles. The van der Waals surface area contributed by atoms with Crippen molar-refractivity contribution in [1.29, 1.82) is 5.26 Å². The van der Waals surface area contributed by atoms with Crippen molar-refractivity contribution in [2.75, 3.05) is 33.4 Å². The van der Waals surface area contributed by atoms with E-state index in [2.05, 4.69) is 23.2 Å². The molecule has 1 heterocycles. The standard InChI is InChI=1S/C11H21N3O/c1-3-11-9-15-7-6-14(11)5-4-10(8-12)13-2/h10-11,13H,3-7,9H2,1-2H3. The van der Waals surface area contributed by atoms with E-state index < -0.39 is 0 Å². The van der Waals surface area contributed by atoms with Crippen LogP contribution in [-0.2, 0) is 4.74 Å². The predicted molar refractivity (Wildman–Crippen MR) is 59.5 cm³/mol. The minimum atomic E-state index is -0.0228. The molecule has 1 fully saturated rings. The Balaban J connectivity index is 2.32. The molecule has 0 spiro atoms. The van der Waals surface area contributed by atoms with Gasteiger partial charge in [0.15, 0.2) is 0 Å². The van der Waals surface area contributed by atoms with Gasteiger partial charge in [0, 0.05) is 19.1 Å². The maximum atomic E-state index is 8.82. The lowest BCUT2D eigenvalue weighted by Crippen LogP contribution is -2.46. The van der Waals surface area contributed by atoms with Gasteiger partial charge >= 0.3 is 0 Å². The van der Waals surface area contributed by atoms with Crippen molar-refractivity contribution in [2.24, 2.45) is 0 Å². The van der Waals surface area contributed by atoms with Crippen molar-refractivity contribution < 1.29 is 4.74 Å². The van der Waals surface area contributed by atoms with Gasteiger partial charge in [-0.3, -0.25) is 4.90 Å². The van der Waals surface area contributed by atoms with Crippen LogP contribution in [0.5, 0.6) is 0 Å². The lowest BCUT2D eigenvalue weighted by molar-refractivity contribution is -0.00940. The summed E-state index contributed by atoms with van der Waals surface area (Å²) in [6.07, 6.45) is 2.01. The first-order valence-corrected chi connectivity index (χ1v) is 5.70. The van der Waals surface area contributed by atoms with Gasteiger partial charge in [0.25, 0.3) is 0 Å². The zero-order chi connectivity index (χ0) is 11.1. The molecule has 0 aromatic heterocycles. The van der Waals surface area contributed by atoms with Gasteiger partial charge in [-0.05, 0) is 19.9 Å². The Kier molecular flexibility index (Phi) is 5.62. The predicted octanol–water partition coefficient (Wildman–Crippen LogP) is 0.599. The summed E-state index contributed by atoms with van der Waals surface area (Å²) in [5.41, 5.74) is 0. The van der Waals surface area contributed by atoms with Crippen molar-refractivity contribution in [3.63, 3.8) is 0 Å². The largest absolute Gasteiger partial charge is 0.378 e. The number of morpholine rings is 1. The number of nitrogens with zero attached hydrogens (tertiary/aromatic N) is 2. The Bertz CT molecular complexity index is 214. The summed E-state index contributed by atoms with van der Waals surface area (Å²) in [5.74, 6) is 0. The molecule has 86 valence electrons. The maximum absolute atomic E-state index is 8.82. The van der Waals surface area contributed by atoms with Gasteiger partial charge in [-0.25, -0.2) is 0 Å². The highest BCUT2D eigenvalue weighted by atomic mass is 16.5. The summed E-state index contributed by atoms with van der Waals surface area (Å²) in [6, 6.07) is 2.77. The van der Waals surface area contributed by atoms with Crippen LogP contribution in [0.1, 0.15) is 19.8 Å². The van der Waals surface area contributed by atoms with E-state index in [1.165, 1.54) is 0 Å². The minimum absolute atomic E-state index is 0.0228. The number of rotatable bonds is 5. The lowest BCUT2D eigenvalue weighted by atomic mass is 10.1. The zero-order valence-electron chi connectivity index (χ0n) is 9.70. The zero-order valence-corrected chi connectivity index (χ0v) is 9.70. The minimum Gasteiger partial charge on any atom is -0.378 e. The van der Waals surface area contributed by atoms with Crippen LogP contribution in [0.3, 0.4) is 0 Å². The van der Waals surface area contributed by atoms with E-state index >= 15 is 0 Å². The molecule has 1 saturated heterocycles. The number of nitrogens with one attached hydrogen (secondary N) is 1. The molecule has 0 amide bonds. The van der Waals surface area contributed by atoms with E-state index in [0.717, 1.165) is 39.1 Å². The second kappa shape index (κ2) is 6.78. The molecular formula is C11H21N3O. The highest BCUT2D eigenvalue weighted by Crippen LogP contribution is 2.11. The van der Waals surface area contributed by atoms with E-state index in [0.29, 0.717) is 6.04 Å². The van der Waals surface area contributed by atoms with Crippen molar-refractivity contribution in [2.45, 2.75) is 31.8 Å². The molecule has 4 heteroatoms. The van der Waals surface area contributed by atoms with Crippen molar-refractivity contribution in [1.82, 2.24) is 10.2 Å². The van der Waals surface area contributed by atoms with E-state index in [1.54, 1.807) is 0 Å². The average Bonchev–Trinajstić information content (AvgIpc) is 2.31. The van der Waals surface area contributed by atoms with Gasteiger partial charge < -0.3 is 10.1 Å². The molecule has 0 bridgehead atoms. The van der Waals surface area contributed by atoms with Crippen LogP contribution in [0, 0.1) is 11.3 Å². The molecule has 0 saturated carbocycles. The van der Waals surface area contributed by atoms with Crippen molar-refractivity contribution in [3.8, 4) is 6.07 Å². The molecule has 15 heavy (non-hydrogen) atoms. The highest BCUT2D eigenvalue weighted by molar-refractivity contribution is 4.89. The Morgan fingerprint density at radius 3 is 3.07 bits per heavy atom. The van der Waals surface area contributed by atoms with Crippen LogP contribution in [0.4, 0.5) is 0 Å². The summed E-state index contributed by atoms with van der Waals surface area (Å²) in [7, 11) is 1.84. The fourth-order valence-electron chi connectivity index (χ4n) is 1.93. The van der Waals surface area contributed by atoms with Crippen LogP contribution in [0.15, 0.2) is 0 Å². The second-order valence-corrected chi connectivity index (χ2v) is 3.93. The molecule has 1 aliphatic rings. The summed E-state index contributed by atoms with van der Waals surface area (Å²) in [6.45, 7) is 5.84. The summed E-state index contributed by atoms with van der Waals surface area (Å²) >= 11 is 0. The first kappa shape index (κ1) is 12.4. The number of nitriles is 1. The molecule has 1 rings (SSSR count). The molecule has 2 unspecified atom stereocenters. The van der Waals surface area contributed by atoms with Gasteiger partial charge in [-0.15, -0.1) is 0 Å². The normalized spacial score (nSPS) is 24.7. The van der Waals surface area contributed by atoms with Gasteiger partial charge in [0.1, 0.15) is 0 Å². The smallest absolute Gasteiger partial charge is 0.0962 e. The first-order chi connectivity index (χ1) is 7.31.